The number of rotatable bonds is 6. The number of nitrogens with one attached hydrogen (secondary N) is 2. The Hall–Kier alpha value is -1.76. The van der Waals surface area contributed by atoms with Crippen LogP contribution in [0.15, 0.2) is 12.1 Å². The van der Waals surface area contributed by atoms with Crippen LogP contribution in [0, 0.1) is 17.5 Å². The molecule has 0 spiro atoms. The number of anilines is 1. The molecule has 100 valence electrons. The first-order valence-electron chi connectivity index (χ1n) is 5.18. The van der Waals surface area contributed by atoms with Gasteiger partial charge in [0.05, 0.1) is 18.8 Å². The molecule has 0 fully saturated rings. The Morgan fingerprint density at radius 3 is 2.56 bits per heavy atom. The number of benzene rings is 1. The normalized spacial score (nSPS) is 10.2. The zero-order chi connectivity index (χ0) is 13.5. The fraction of sp³-hybridized carbons (Fsp3) is 0.364. The molecule has 0 aliphatic carbocycles. The lowest BCUT2D eigenvalue weighted by molar-refractivity contribution is -0.119. The fourth-order valence-electron chi connectivity index (χ4n) is 1.19. The Balaban J connectivity index is 2.48. The number of hydrogen-bond acceptors (Lipinski definition) is 3. The van der Waals surface area contributed by atoms with Crippen LogP contribution in [0.2, 0.25) is 0 Å². The maximum absolute atomic E-state index is 13.2. The predicted octanol–water partition coefficient (Wildman–Crippen LogP) is 1.28. The third-order valence-corrected chi connectivity index (χ3v) is 2.08. The van der Waals surface area contributed by atoms with Crippen LogP contribution in [0.4, 0.5) is 18.9 Å². The molecule has 0 unspecified atom stereocenters. The van der Waals surface area contributed by atoms with Crippen LogP contribution < -0.4 is 10.6 Å². The zero-order valence-corrected chi connectivity index (χ0v) is 9.73. The van der Waals surface area contributed by atoms with E-state index in [9.17, 15) is 18.0 Å². The zero-order valence-electron chi connectivity index (χ0n) is 9.73. The first-order chi connectivity index (χ1) is 8.54. The van der Waals surface area contributed by atoms with E-state index in [-0.39, 0.29) is 12.2 Å². The van der Waals surface area contributed by atoms with Crippen LogP contribution >= 0.6 is 0 Å². The lowest BCUT2D eigenvalue weighted by Crippen LogP contribution is -2.32. The van der Waals surface area contributed by atoms with Crippen molar-refractivity contribution in [2.75, 3.05) is 32.1 Å². The van der Waals surface area contributed by atoms with E-state index in [0.717, 1.165) is 0 Å². The van der Waals surface area contributed by atoms with E-state index in [1.165, 1.54) is 7.11 Å². The minimum Gasteiger partial charge on any atom is -0.383 e. The molecule has 0 atom stereocenters. The summed E-state index contributed by atoms with van der Waals surface area (Å²) in [4.78, 5) is 11.2. The summed E-state index contributed by atoms with van der Waals surface area (Å²) in [6.45, 7) is 0.425. The Morgan fingerprint density at radius 2 is 1.89 bits per heavy atom. The van der Waals surface area contributed by atoms with Gasteiger partial charge >= 0.3 is 0 Å². The second-order valence-electron chi connectivity index (χ2n) is 3.44. The summed E-state index contributed by atoms with van der Waals surface area (Å²) in [6, 6.07) is 1.08. The van der Waals surface area contributed by atoms with E-state index in [2.05, 4.69) is 10.6 Å². The summed E-state index contributed by atoms with van der Waals surface area (Å²) in [5.74, 6) is -3.82. The van der Waals surface area contributed by atoms with E-state index in [0.29, 0.717) is 25.3 Å². The number of halogens is 3. The molecule has 0 saturated heterocycles. The largest absolute Gasteiger partial charge is 0.383 e. The topological polar surface area (TPSA) is 50.4 Å². The van der Waals surface area contributed by atoms with Crippen LogP contribution in [0.25, 0.3) is 0 Å². The van der Waals surface area contributed by atoms with Crippen molar-refractivity contribution in [3.63, 3.8) is 0 Å². The number of carbonyl (C=O) groups is 1. The van der Waals surface area contributed by atoms with Crippen LogP contribution in [0.1, 0.15) is 0 Å². The Kier molecular flexibility index (Phi) is 5.44. The SMILES string of the molecule is COCCNC(=O)CNc1cc(F)c(F)cc1F. The molecule has 0 aliphatic rings. The molecule has 1 aromatic carbocycles. The van der Waals surface area contributed by atoms with Gasteiger partial charge < -0.3 is 15.4 Å². The highest BCUT2D eigenvalue weighted by atomic mass is 19.2. The summed E-state index contributed by atoms with van der Waals surface area (Å²) >= 11 is 0. The van der Waals surface area contributed by atoms with Crippen molar-refractivity contribution in [1.82, 2.24) is 5.32 Å². The van der Waals surface area contributed by atoms with Crippen molar-refractivity contribution in [1.29, 1.82) is 0 Å². The smallest absolute Gasteiger partial charge is 0.239 e. The quantitative estimate of drug-likeness (QED) is 0.600. The van der Waals surface area contributed by atoms with Crippen molar-refractivity contribution < 1.29 is 22.7 Å². The van der Waals surface area contributed by atoms with Gasteiger partial charge in [-0.2, -0.15) is 0 Å². The summed E-state index contributed by atoms with van der Waals surface area (Å²) in [5.41, 5.74) is -0.268. The van der Waals surface area contributed by atoms with Crippen molar-refractivity contribution in [2.45, 2.75) is 0 Å². The van der Waals surface area contributed by atoms with Gasteiger partial charge in [0.1, 0.15) is 5.82 Å². The van der Waals surface area contributed by atoms with E-state index in [4.69, 9.17) is 4.74 Å². The monoisotopic (exact) mass is 262 g/mol. The van der Waals surface area contributed by atoms with Gasteiger partial charge in [-0.15, -0.1) is 0 Å². The van der Waals surface area contributed by atoms with Crippen LogP contribution in [-0.4, -0.2) is 32.7 Å². The second kappa shape index (κ2) is 6.85. The van der Waals surface area contributed by atoms with E-state index in [1.807, 2.05) is 0 Å². The second-order valence-corrected chi connectivity index (χ2v) is 3.44. The minimum atomic E-state index is -1.28. The van der Waals surface area contributed by atoms with Gasteiger partial charge in [-0.05, 0) is 0 Å². The predicted molar refractivity (Wildman–Crippen MR) is 59.7 cm³/mol. The Bertz CT molecular complexity index is 427. The molecule has 0 radical (unpaired) electrons. The molecular formula is C11H13F3N2O2. The lowest BCUT2D eigenvalue weighted by Gasteiger charge is -2.08. The van der Waals surface area contributed by atoms with Gasteiger partial charge in [-0.3, -0.25) is 4.79 Å². The third-order valence-electron chi connectivity index (χ3n) is 2.08. The summed E-state index contributed by atoms with van der Waals surface area (Å²) in [5, 5.41) is 4.86. The van der Waals surface area contributed by atoms with E-state index in [1.54, 1.807) is 0 Å². The van der Waals surface area contributed by atoms with Gasteiger partial charge in [-0.1, -0.05) is 0 Å². The van der Waals surface area contributed by atoms with Gasteiger partial charge in [0.25, 0.3) is 0 Å². The van der Waals surface area contributed by atoms with Crippen LogP contribution in [0.3, 0.4) is 0 Å². The Labute approximate surface area is 102 Å². The molecule has 0 aromatic heterocycles. The minimum absolute atomic E-state index is 0.244. The van der Waals surface area contributed by atoms with Crippen molar-refractivity contribution >= 4 is 11.6 Å². The summed E-state index contributed by atoms with van der Waals surface area (Å²) in [6.07, 6.45) is 0. The number of methoxy groups -OCH3 is 1. The molecule has 1 aromatic rings. The number of amides is 1. The molecule has 4 nitrogen and oxygen atoms in total. The van der Waals surface area contributed by atoms with Crippen molar-refractivity contribution in [3.05, 3.63) is 29.6 Å². The lowest BCUT2D eigenvalue weighted by atomic mass is 10.3. The number of ether oxygens (including phenoxy) is 1. The number of carbonyl (C=O) groups excluding carboxylic acids is 1. The van der Waals surface area contributed by atoms with Crippen molar-refractivity contribution in [2.24, 2.45) is 0 Å². The molecule has 0 bridgehead atoms. The summed E-state index contributed by atoms with van der Waals surface area (Å²) in [7, 11) is 1.49. The van der Waals surface area contributed by atoms with Crippen molar-refractivity contribution in [3.8, 4) is 0 Å². The van der Waals surface area contributed by atoms with Crippen LogP contribution in [0.5, 0.6) is 0 Å². The van der Waals surface area contributed by atoms with Crippen LogP contribution in [-0.2, 0) is 9.53 Å². The molecule has 18 heavy (non-hydrogen) atoms. The summed E-state index contributed by atoms with van der Waals surface area (Å²) < 4.78 is 43.3. The van der Waals surface area contributed by atoms with Gasteiger partial charge in [0.2, 0.25) is 5.91 Å². The standard InChI is InChI=1S/C11H13F3N2O2/c1-18-3-2-15-11(17)6-16-10-5-8(13)7(12)4-9(10)14/h4-5,16H,2-3,6H2,1H3,(H,15,17). The molecule has 0 aliphatic heterocycles. The van der Waals surface area contributed by atoms with Gasteiger partial charge in [0.15, 0.2) is 11.6 Å². The highest BCUT2D eigenvalue weighted by Gasteiger charge is 2.10. The Morgan fingerprint density at radius 1 is 1.22 bits per heavy atom. The molecule has 0 saturated carbocycles. The van der Waals surface area contributed by atoms with E-state index < -0.39 is 23.4 Å². The maximum Gasteiger partial charge on any atom is 0.239 e. The van der Waals surface area contributed by atoms with Gasteiger partial charge in [0, 0.05) is 25.8 Å². The first-order valence-corrected chi connectivity index (χ1v) is 5.18. The molecule has 1 amide bonds. The highest BCUT2D eigenvalue weighted by Crippen LogP contribution is 2.17. The fourth-order valence-corrected chi connectivity index (χ4v) is 1.19. The highest BCUT2D eigenvalue weighted by molar-refractivity contribution is 5.80. The average Bonchev–Trinajstić information content (AvgIpc) is 2.32. The van der Waals surface area contributed by atoms with Gasteiger partial charge in [-0.25, -0.2) is 13.2 Å². The molecule has 1 rings (SSSR count). The molecule has 0 heterocycles. The van der Waals surface area contributed by atoms with E-state index >= 15 is 0 Å². The first kappa shape index (κ1) is 14.3. The maximum atomic E-state index is 13.2. The molecule has 7 heteroatoms. The average molecular weight is 262 g/mol. The molecule has 2 N–H and O–H groups in total. The number of hydrogen-bond donors (Lipinski definition) is 2. The third kappa shape index (κ3) is 4.25. The molecular weight excluding hydrogens is 249 g/mol.